The number of halogens is 1. The lowest BCUT2D eigenvalue weighted by Gasteiger charge is -2.15. The Bertz CT molecular complexity index is 1330. The third-order valence-electron chi connectivity index (χ3n) is 5.57. The summed E-state index contributed by atoms with van der Waals surface area (Å²) in [4.78, 5) is 17.1. The summed E-state index contributed by atoms with van der Waals surface area (Å²) in [5.41, 5.74) is 3.63. The molecule has 0 fully saturated rings. The van der Waals surface area contributed by atoms with Crippen LogP contribution in [-0.2, 0) is 0 Å². The number of rotatable bonds is 7. The average Bonchev–Trinajstić information content (AvgIpc) is 2.86. The van der Waals surface area contributed by atoms with Crippen molar-refractivity contribution < 1.29 is 19.0 Å². The van der Waals surface area contributed by atoms with Crippen LogP contribution in [0.2, 0.25) is 0 Å². The van der Waals surface area contributed by atoms with E-state index in [-0.39, 0.29) is 12.4 Å². The van der Waals surface area contributed by atoms with Crippen molar-refractivity contribution in [1.29, 1.82) is 0 Å². The summed E-state index contributed by atoms with van der Waals surface area (Å²) in [6, 6.07) is 20.8. The molecule has 1 heterocycles. The van der Waals surface area contributed by atoms with Crippen molar-refractivity contribution in [2.24, 2.45) is 0 Å². The second-order valence-electron chi connectivity index (χ2n) is 7.87. The van der Waals surface area contributed by atoms with Crippen LogP contribution in [0.4, 0.5) is 14.9 Å². The first kappa shape index (κ1) is 23.2. The number of urea groups is 1. The minimum atomic E-state index is -0.594. The van der Waals surface area contributed by atoms with Crippen molar-refractivity contribution >= 4 is 22.6 Å². The number of para-hydroxylation sites is 1. The maximum absolute atomic E-state index is 14.8. The van der Waals surface area contributed by atoms with Gasteiger partial charge >= 0.3 is 6.03 Å². The molecular weight excluding hydrogens is 433 g/mol. The minimum Gasteiger partial charge on any atom is -0.496 e. The first-order valence-corrected chi connectivity index (χ1v) is 11.1. The lowest BCUT2D eigenvalue weighted by atomic mass is 9.96. The normalized spacial score (nSPS) is 11.8. The molecule has 0 saturated carbocycles. The number of ether oxygens (including phenoxy) is 1. The molecule has 0 spiro atoms. The number of aliphatic hydroxyl groups is 1. The van der Waals surface area contributed by atoms with Gasteiger partial charge in [-0.15, -0.1) is 0 Å². The van der Waals surface area contributed by atoms with E-state index in [2.05, 4.69) is 10.6 Å². The van der Waals surface area contributed by atoms with Gasteiger partial charge in [-0.3, -0.25) is 0 Å². The number of benzene rings is 3. The first-order chi connectivity index (χ1) is 16.5. The molecule has 1 atom stereocenters. The Kier molecular flexibility index (Phi) is 7.04. The topological polar surface area (TPSA) is 83.5 Å². The standard InChI is InChI=1S/C27H26FN3O3/c1-3-19(32)16-29-27(33)30-18-12-13-24-17(14-18)15-22(20-8-4-6-10-23(20)28)26(31-24)21-9-5-7-11-25(21)34-2/h4-15,19,32H,3,16H2,1-2H3,(H2,29,30,33). The quantitative estimate of drug-likeness (QED) is 0.336. The molecule has 3 aromatic carbocycles. The van der Waals surface area contributed by atoms with E-state index >= 15 is 0 Å². The molecule has 0 radical (unpaired) electrons. The van der Waals surface area contributed by atoms with E-state index in [0.717, 1.165) is 10.9 Å². The smallest absolute Gasteiger partial charge is 0.319 e. The van der Waals surface area contributed by atoms with Crippen molar-refractivity contribution in [2.45, 2.75) is 19.4 Å². The maximum atomic E-state index is 14.8. The van der Waals surface area contributed by atoms with Gasteiger partial charge < -0.3 is 20.5 Å². The summed E-state index contributed by atoms with van der Waals surface area (Å²) in [5, 5.41) is 15.8. The van der Waals surface area contributed by atoms with Gasteiger partial charge in [0.15, 0.2) is 0 Å². The fourth-order valence-corrected chi connectivity index (χ4v) is 3.71. The van der Waals surface area contributed by atoms with Crippen LogP contribution in [0, 0.1) is 5.82 Å². The minimum absolute atomic E-state index is 0.164. The molecular formula is C27H26FN3O3. The van der Waals surface area contributed by atoms with Crippen molar-refractivity contribution in [2.75, 3.05) is 19.0 Å². The van der Waals surface area contributed by atoms with E-state index in [4.69, 9.17) is 9.72 Å². The van der Waals surface area contributed by atoms with Crippen LogP contribution in [0.1, 0.15) is 13.3 Å². The zero-order valence-electron chi connectivity index (χ0n) is 19.0. The second-order valence-corrected chi connectivity index (χ2v) is 7.87. The Morgan fingerprint density at radius 2 is 1.76 bits per heavy atom. The zero-order valence-corrected chi connectivity index (χ0v) is 19.0. The van der Waals surface area contributed by atoms with Gasteiger partial charge in [0, 0.05) is 34.3 Å². The van der Waals surface area contributed by atoms with Gasteiger partial charge in [-0.05, 0) is 48.9 Å². The average molecular weight is 460 g/mol. The number of carbonyl (C=O) groups excluding carboxylic acids is 1. The van der Waals surface area contributed by atoms with E-state index in [1.165, 1.54) is 6.07 Å². The summed E-state index contributed by atoms with van der Waals surface area (Å²) in [6.07, 6.45) is -0.0433. The second kappa shape index (κ2) is 10.3. The SMILES string of the molecule is CCC(O)CNC(=O)Nc1ccc2nc(-c3ccccc3OC)c(-c3ccccc3F)cc2c1. The van der Waals surface area contributed by atoms with Crippen LogP contribution in [0.5, 0.6) is 5.75 Å². The number of amides is 2. The number of methoxy groups -OCH3 is 1. The Balaban J connectivity index is 1.79. The third kappa shape index (κ3) is 5.00. The summed E-state index contributed by atoms with van der Waals surface area (Å²) in [6.45, 7) is 2.00. The number of fused-ring (bicyclic) bond motifs is 1. The van der Waals surface area contributed by atoms with Gasteiger partial charge in [-0.2, -0.15) is 0 Å². The molecule has 3 N–H and O–H groups in total. The Morgan fingerprint density at radius 1 is 1.03 bits per heavy atom. The number of aliphatic hydroxyl groups excluding tert-OH is 1. The zero-order chi connectivity index (χ0) is 24.1. The van der Waals surface area contributed by atoms with E-state index in [1.807, 2.05) is 37.3 Å². The maximum Gasteiger partial charge on any atom is 0.319 e. The molecule has 7 heteroatoms. The van der Waals surface area contributed by atoms with Crippen molar-refractivity contribution in [3.8, 4) is 28.1 Å². The van der Waals surface area contributed by atoms with Crippen molar-refractivity contribution in [1.82, 2.24) is 10.3 Å². The van der Waals surface area contributed by atoms with E-state index in [1.54, 1.807) is 43.5 Å². The van der Waals surface area contributed by atoms with Crippen molar-refractivity contribution in [3.05, 3.63) is 78.6 Å². The molecule has 0 aliphatic heterocycles. The number of anilines is 1. The van der Waals surface area contributed by atoms with Gasteiger partial charge in [0.25, 0.3) is 0 Å². The van der Waals surface area contributed by atoms with Crippen LogP contribution >= 0.6 is 0 Å². The fourth-order valence-electron chi connectivity index (χ4n) is 3.71. The van der Waals surface area contributed by atoms with Crippen molar-refractivity contribution in [3.63, 3.8) is 0 Å². The summed E-state index contributed by atoms with van der Waals surface area (Å²) in [7, 11) is 1.59. The highest BCUT2D eigenvalue weighted by Gasteiger charge is 2.17. The van der Waals surface area contributed by atoms with E-state index in [0.29, 0.717) is 40.2 Å². The summed E-state index contributed by atoms with van der Waals surface area (Å²) in [5.74, 6) is 0.277. The highest BCUT2D eigenvalue weighted by Crippen LogP contribution is 2.38. The largest absolute Gasteiger partial charge is 0.496 e. The van der Waals surface area contributed by atoms with Gasteiger partial charge in [0.2, 0.25) is 0 Å². The number of pyridine rings is 1. The molecule has 0 saturated heterocycles. The summed E-state index contributed by atoms with van der Waals surface area (Å²) >= 11 is 0. The highest BCUT2D eigenvalue weighted by atomic mass is 19.1. The number of nitrogens with one attached hydrogen (secondary N) is 2. The van der Waals surface area contributed by atoms with Gasteiger partial charge in [-0.25, -0.2) is 14.2 Å². The number of carbonyl (C=O) groups is 1. The molecule has 174 valence electrons. The number of hydrogen-bond donors (Lipinski definition) is 3. The lowest BCUT2D eigenvalue weighted by Crippen LogP contribution is -2.34. The Morgan fingerprint density at radius 3 is 2.50 bits per heavy atom. The highest BCUT2D eigenvalue weighted by molar-refractivity contribution is 5.96. The predicted molar refractivity (Wildman–Crippen MR) is 132 cm³/mol. The van der Waals surface area contributed by atoms with Crippen LogP contribution in [0.25, 0.3) is 33.3 Å². The molecule has 0 bridgehead atoms. The Hall–Kier alpha value is -3.97. The van der Waals surface area contributed by atoms with E-state index in [9.17, 15) is 14.3 Å². The van der Waals surface area contributed by atoms with E-state index < -0.39 is 12.1 Å². The van der Waals surface area contributed by atoms with Crippen LogP contribution < -0.4 is 15.4 Å². The van der Waals surface area contributed by atoms with Gasteiger partial charge in [0.1, 0.15) is 11.6 Å². The lowest BCUT2D eigenvalue weighted by molar-refractivity contribution is 0.168. The molecule has 34 heavy (non-hydrogen) atoms. The molecule has 1 aromatic heterocycles. The predicted octanol–water partition coefficient (Wildman–Crippen LogP) is 5.61. The molecule has 0 aliphatic rings. The number of aromatic nitrogens is 1. The molecule has 6 nitrogen and oxygen atoms in total. The Labute approximate surface area is 197 Å². The monoisotopic (exact) mass is 459 g/mol. The number of hydrogen-bond acceptors (Lipinski definition) is 4. The van der Waals surface area contributed by atoms with Crippen LogP contribution in [-0.4, -0.2) is 35.9 Å². The summed E-state index contributed by atoms with van der Waals surface area (Å²) < 4.78 is 20.4. The molecule has 4 rings (SSSR count). The fraction of sp³-hybridized carbons (Fsp3) is 0.185. The number of nitrogens with zero attached hydrogens (tertiary/aromatic N) is 1. The third-order valence-corrected chi connectivity index (χ3v) is 5.57. The molecule has 1 unspecified atom stereocenters. The molecule has 0 aliphatic carbocycles. The van der Waals surface area contributed by atoms with Crippen LogP contribution in [0.15, 0.2) is 72.8 Å². The van der Waals surface area contributed by atoms with Gasteiger partial charge in [0.05, 0.1) is 24.4 Å². The molecule has 2 amide bonds. The molecule has 4 aromatic rings. The first-order valence-electron chi connectivity index (χ1n) is 11.1. The van der Waals surface area contributed by atoms with Gasteiger partial charge in [-0.1, -0.05) is 37.3 Å². The van der Waals surface area contributed by atoms with Crippen LogP contribution in [0.3, 0.4) is 0 Å².